The van der Waals surface area contributed by atoms with Gasteiger partial charge < -0.3 is 9.31 Å². The largest absolute Gasteiger partial charge is 0.495 e. The van der Waals surface area contributed by atoms with E-state index >= 15 is 0 Å². The summed E-state index contributed by atoms with van der Waals surface area (Å²) in [4.78, 5) is 4.90. The summed E-state index contributed by atoms with van der Waals surface area (Å²) in [6.45, 7) is 8.40. The molecule has 0 radical (unpaired) electrons. The average molecular weight is 442 g/mol. The molecule has 4 aromatic rings. The molecule has 0 atom stereocenters. The van der Waals surface area contributed by atoms with E-state index in [1.807, 2.05) is 12.2 Å². The Balaban J connectivity index is 1.53. The van der Waals surface area contributed by atoms with Crippen molar-refractivity contribution in [3.63, 3.8) is 0 Å². The lowest BCUT2D eigenvalue weighted by Gasteiger charge is -2.32. The maximum absolute atomic E-state index is 6.40. The van der Waals surface area contributed by atoms with Crippen LogP contribution in [-0.4, -0.2) is 23.3 Å². The SMILES string of the molecule is CC1(C)OB(c2cccc3sc4cc5nc(C6=CC=[C+]C=C6)sc5cc4c23)OC1(C)C. The zero-order chi connectivity index (χ0) is 21.4. The molecule has 152 valence electrons. The molecule has 1 aliphatic carbocycles. The highest BCUT2D eigenvalue weighted by Crippen LogP contribution is 2.41. The number of aromatic nitrogens is 1. The fraction of sp³-hybridized carbons (Fsp3) is 0.240. The van der Waals surface area contributed by atoms with Gasteiger partial charge in [-0.25, -0.2) is 4.98 Å². The van der Waals surface area contributed by atoms with Gasteiger partial charge in [-0.05, 0) is 51.4 Å². The minimum atomic E-state index is -0.375. The summed E-state index contributed by atoms with van der Waals surface area (Å²) in [5, 5.41) is 3.51. The molecule has 0 spiro atoms. The van der Waals surface area contributed by atoms with Crippen LogP contribution in [0.4, 0.5) is 0 Å². The molecular weight excluding hydrogens is 421 g/mol. The maximum atomic E-state index is 6.40. The summed E-state index contributed by atoms with van der Waals surface area (Å²) < 4.78 is 16.5. The fourth-order valence-corrected chi connectivity index (χ4v) is 6.24. The molecule has 0 saturated carbocycles. The molecule has 0 unspecified atom stereocenters. The summed E-state index contributed by atoms with van der Waals surface area (Å²) in [5.74, 6) is 0. The second-order valence-electron chi connectivity index (χ2n) is 9.03. The Morgan fingerprint density at radius 2 is 1.77 bits per heavy atom. The predicted octanol–water partition coefficient (Wildman–Crippen LogP) is 6.28. The number of allylic oxidation sites excluding steroid dienone is 6. The molecule has 2 aromatic heterocycles. The van der Waals surface area contributed by atoms with Crippen molar-refractivity contribution >= 4 is 71.2 Å². The van der Waals surface area contributed by atoms with Crippen LogP contribution >= 0.6 is 22.7 Å². The summed E-state index contributed by atoms with van der Waals surface area (Å²) in [6.07, 6.45) is 11.1. The summed E-state index contributed by atoms with van der Waals surface area (Å²) in [5.41, 5.74) is 2.55. The second kappa shape index (κ2) is 6.58. The molecule has 0 N–H and O–H groups in total. The van der Waals surface area contributed by atoms with Gasteiger partial charge in [-0.1, -0.05) is 12.1 Å². The number of nitrogens with zero attached hydrogens (tertiary/aromatic N) is 1. The van der Waals surface area contributed by atoms with Crippen molar-refractivity contribution in [3.05, 3.63) is 65.7 Å². The van der Waals surface area contributed by atoms with E-state index in [2.05, 4.69) is 76.3 Å². The normalized spacial score (nSPS) is 19.5. The molecule has 0 amide bonds. The Morgan fingerprint density at radius 3 is 2.52 bits per heavy atom. The predicted molar refractivity (Wildman–Crippen MR) is 133 cm³/mol. The number of hydrogen-bond donors (Lipinski definition) is 0. The summed E-state index contributed by atoms with van der Waals surface area (Å²) >= 11 is 3.53. The van der Waals surface area contributed by atoms with E-state index in [0.29, 0.717) is 0 Å². The topological polar surface area (TPSA) is 31.4 Å². The lowest BCUT2D eigenvalue weighted by Crippen LogP contribution is -2.41. The third-order valence-electron chi connectivity index (χ3n) is 6.51. The van der Waals surface area contributed by atoms with Gasteiger partial charge in [0.1, 0.15) is 17.7 Å². The van der Waals surface area contributed by atoms with Gasteiger partial charge in [0.15, 0.2) is 5.01 Å². The van der Waals surface area contributed by atoms with Crippen LogP contribution in [0.2, 0.25) is 0 Å². The Bertz CT molecular complexity index is 1440. The van der Waals surface area contributed by atoms with Crippen LogP contribution in [-0.2, 0) is 9.31 Å². The average Bonchev–Trinajstić information content (AvgIpc) is 3.37. The van der Waals surface area contributed by atoms with E-state index in [4.69, 9.17) is 14.3 Å². The van der Waals surface area contributed by atoms with Gasteiger partial charge in [0, 0.05) is 26.2 Å². The quantitative estimate of drug-likeness (QED) is 0.271. The van der Waals surface area contributed by atoms with Gasteiger partial charge in [0.25, 0.3) is 0 Å². The van der Waals surface area contributed by atoms with Gasteiger partial charge in [-0.3, -0.25) is 0 Å². The maximum Gasteiger partial charge on any atom is 0.495 e. The fourth-order valence-electron chi connectivity index (χ4n) is 4.09. The molecule has 1 aliphatic heterocycles. The monoisotopic (exact) mass is 442 g/mol. The molecule has 3 heterocycles. The van der Waals surface area contributed by atoms with Crippen LogP contribution in [0.15, 0.2) is 54.6 Å². The van der Waals surface area contributed by atoms with Crippen molar-refractivity contribution in [2.75, 3.05) is 0 Å². The first-order valence-electron chi connectivity index (χ1n) is 10.4. The molecule has 1 saturated heterocycles. The van der Waals surface area contributed by atoms with Crippen LogP contribution in [0.1, 0.15) is 32.7 Å². The Morgan fingerprint density at radius 1 is 0.968 bits per heavy atom. The van der Waals surface area contributed by atoms with Gasteiger partial charge in [0.05, 0.1) is 33.6 Å². The van der Waals surface area contributed by atoms with E-state index in [-0.39, 0.29) is 18.3 Å². The standard InChI is InChI=1S/C25H21BNO2S2/c1-24(2)25(3,4)29-26(28-24)17-11-8-12-19-22(17)16-13-21-18(14-20(16)30-19)27-23(31-21)15-9-6-5-7-10-15/h6-14H,1-4H3/q+1. The molecule has 0 bridgehead atoms. The van der Waals surface area contributed by atoms with Gasteiger partial charge in [-0.2, -0.15) is 0 Å². The number of hydrogen-bond acceptors (Lipinski definition) is 5. The summed E-state index contributed by atoms with van der Waals surface area (Å²) in [6, 6.07) is 10.9. The highest BCUT2D eigenvalue weighted by molar-refractivity contribution is 7.26. The van der Waals surface area contributed by atoms with Crippen LogP contribution in [0, 0.1) is 6.08 Å². The zero-order valence-corrected chi connectivity index (χ0v) is 19.5. The molecule has 6 rings (SSSR count). The number of thiophene rings is 1. The highest BCUT2D eigenvalue weighted by atomic mass is 32.1. The second-order valence-corrected chi connectivity index (χ2v) is 11.1. The Labute approximate surface area is 189 Å². The van der Waals surface area contributed by atoms with E-state index < -0.39 is 0 Å². The van der Waals surface area contributed by atoms with Crippen LogP contribution in [0.5, 0.6) is 0 Å². The van der Waals surface area contributed by atoms with Crippen LogP contribution in [0.3, 0.4) is 0 Å². The van der Waals surface area contributed by atoms with E-state index in [0.717, 1.165) is 21.6 Å². The molecule has 31 heavy (non-hydrogen) atoms. The van der Waals surface area contributed by atoms with Gasteiger partial charge >= 0.3 is 7.12 Å². The third-order valence-corrected chi connectivity index (χ3v) is 8.69. The van der Waals surface area contributed by atoms with E-state index in [1.165, 1.54) is 24.9 Å². The molecule has 6 heteroatoms. The lowest BCUT2D eigenvalue weighted by molar-refractivity contribution is 0.00578. The first-order valence-corrected chi connectivity index (χ1v) is 12.0. The summed E-state index contributed by atoms with van der Waals surface area (Å²) in [7, 11) is -0.375. The van der Waals surface area contributed by atoms with Crippen molar-refractivity contribution in [1.82, 2.24) is 4.98 Å². The van der Waals surface area contributed by atoms with Crippen molar-refractivity contribution in [3.8, 4) is 0 Å². The molecule has 3 nitrogen and oxygen atoms in total. The Hall–Kier alpha value is -2.34. The lowest BCUT2D eigenvalue weighted by atomic mass is 9.76. The van der Waals surface area contributed by atoms with Crippen LogP contribution in [0.25, 0.3) is 36.0 Å². The van der Waals surface area contributed by atoms with Crippen molar-refractivity contribution in [2.24, 2.45) is 0 Å². The van der Waals surface area contributed by atoms with E-state index in [9.17, 15) is 0 Å². The third kappa shape index (κ3) is 2.94. The number of thiazole rings is 1. The van der Waals surface area contributed by atoms with Crippen molar-refractivity contribution in [2.45, 2.75) is 38.9 Å². The molecular formula is C25H21BNO2S2+. The van der Waals surface area contributed by atoms with Gasteiger partial charge in [0.2, 0.25) is 0 Å². The van der Waals surface area contributed by atoms with Crippen molar-refractivity contribution in [1.29, 1.82) is 0 Å². The Kier molecular flexibility index (Phi) is 4.11. The molecule has 1 fully saturated rings. The first kappa shape index (κ1) is 19.4. The smallest absolute Gasteiger partial charge is 0.399 e. The van der Waals surface area contributed by atoms with Gasteiger partial charge in [-0.15, -0.1) is 22.7 Å². The molecule has 2 aromatic carbocycles. The number of benzene rings is 2. The number of fused-ring (bicyclic) bond motifs is 4. The minimum Gasteiger partial charge on any atom is -0.399 e. The van der Waals surface area contributed by atoms with Crippen LogP contribution < -0.4 is 5.46 Å². The van der Waals surface area contributed by atoms with Crippen molar-refractivity contribution < 1.29 is 9.31 Å². The minimum absolute atomic E-state index is 0.362. The molecule has 2 aliphatic rings. The zero-order valence-electron chi connectivity index (χ0n) is 17.9. The first-order chi connectivity index (χ1) is 14.8. The number of rotatable bonds is 2. The highest BCUT2D eigenvalue weighted by Gasteiger charge is 2.52. The van der Waals surface area contributed by atoms with E-state index in [1.54, 1.807) is 22.7 Å².